The second-order valence-electron chi connectivity index (χ2n) is 10.1. The smallest absolute Gasteiger partial charge is 0.407 e. The van der Waals surface area contributed by atoms with Gasteiger partial charge in [-0.25, -0.2) is 9.59 Å². The van der Waals surface area contributed by atoms with Crippen molar-refractivity contribution >= 4 is 18.0 Å². The van der Waals surface area contributed by atoms with E-state index in [1.54, 1.807) is 0 Å². The molecule has 2 fully saturated rings. The van der Waals surface area contributed by atoms with Gasteiger partial charge in [0.2, 0.25) is 5.91 Å². The molecule has 2 aromatic carbocycles. The van der Waals surface area contributed by atoms with Crippen LogP contribution in [0.2, 0.25) is 0 Å². The number of hydrogen-bond donors (Lipinski definition) is 3. The summed E-state index contributed by atoms with van der Waals surface area (Å²) in [6, 6.07) is 15.2. The maximum Gasteiger partial charge on any atom is 0.407 e. The summed E-state index contributed by atoms with van der Waals surface area (Å²) in [5.41, 5.74) is 3.68. The molecule has 0 aromatic heterocycles. The molecular weight excluding hydrogens is 448 g/mol. The highest BCUT2D eigenvalue weighted by atomic mass is 16.5. The van der Waals surface area contributed by atoms with E-state index >= 15 is 0 Å². The third kappa shape index (κ3) is 4.50. The molecule has 2 aliphatic carbocycles. The summed E-state index contributed by atoms with van der Waals surface area (Å²) in [4.78, 5) is 38.7. The van der Waals surface area contributed by atoms with Gasteiger partial charge in [0.1, 0.15) is 12.6 Å². The van der Waals surface area contributed by atoms with E-state index in [2.05, 4.69) is 29.6 Å². The number of carbonyl (C=O) groups is 3. The van der Waals surface area contributed by atoms with Crippen LogP contribution in [0, 0.1) is 5.92 Å². The van der Waals surface area contributed by atoms with Gasteiger partial charge in [-0.15, -0.1) is 0 Å². The summed E-state index contributed by atoms with van der Waals surface area (Å²) in [6.45, 7) is 1.97. The van der Waals surface area contributed by atoms with E-state index in [-0.39, 0.29) is 43.7 Å². The van der Waals surface area contributed by atoms with Gasteiger partial charge in [-0.2, -0.15) is 0 Å². The number of ether oxygens (including phenoxy) is 1. The minimum Gasteiger partial charge on any atom is -0.480 e. The minimum atomic E-state index is -1.13. The molecule has 1 heterocycles. The highest BCUT2D eigenvalue weighted by molar-refractivity contribution is 5.85. The molecule has 3 atom stereocenters. The van der Waals surface area contributed by atoms with E-state index in [4.69, 9.17) is 4.74 Å². The van der Waals surface area contributed by atoms with Gasteiger partial charge in [0.15, 0.2) is 0 Å². The Labute approximate surface area is 203 Å². The minimum absolute atomic E-state index is 0.0124. The predicted octanol–water partition coefficient (Wildman–Crippen LogP) is 3.13. The highest BCUT2D eigenvalue weighted by Gasteiger charge is 2.47. The largest absolute Gasteiger partial charge is 0.480 e. The van der Waals surface area contributed by atoms with Crippen LogP contribution in [0.25, 0.3) is 11.1 Å². The number of carbonyl (C=O) groups excluding carboxylic acids is 2. The molecule has 2 aromatic rings. The van der Waals surface area contributed by atoms with Gasteiger partial charge in [0, 0.05) is 18.9 Å². The first kappa shape index (κ1) is 23.4. The fraction of sp³-hybridized carbons (Fsp3) is 0.444. The summed E-state index contributed by atoms with van der Waals surface area (Å²) in [5, 5.41) is 22.3. The molecule has 1 saturated carbocycles. The summed E-state index contributed by atoms with van der Waals surface area (Å²) in [6.07, 6.45) is 0.267. The maximum atomic E-state index is 13.0. The van der Waals surface area contributed by atoms with Crippen molar-refractivity contribution in [1.29, 1.82) is 0 Å². The van der Waals surface area contributed by atoms with Crippen LogP contribution in [0.1, 0.15) is 49.7 Å². The first-order chi connectivity index (χ1) is 16.8. The Morgan fingerprint density at radius 3 is 2.23 bits per heavy atom. The fourth-order valence-electron chi connectivity index (χ4n) is 5.62. The number of hydrogen-bond acceptors (Lipinski definition) is 5. The zero-order valence-electron chi connectivity index (χ0n) is 19.6. The Morgan fingerprint density at radius 1 is 1.06 bits per heavy atom. The number of benzene rings is 2. The normalized spacial score (nSPS) is 22.7. The number of β-amino-alcohol motifs (C(OH)–C–C–N with tert-alkyl or cyclic N) is 1. The van der Waals surface area contributed by atoms with Crippen molar-refractivity contribution in [2.75, 3.05) is 13.2 Å². The summed E-state index contributed by atoms with van der Waals surface area (Å²) < 4.78 is 5.69. The zero-order valence-corrected chi connectivity index (χ0v) is 19.6. The number of fused-ring (bicyclic) bond motifs is 3. The van der Waals surface area contributed by atoms with Gasteiger partial charge in [0.05, 0.1) is 18.1 Å². The van der Waals surface area contributed by atoms with Gasteiger partial charge in [0.25, 0.3) is 0 Å². The predicted molar refractivity (Wildman–Crippen MR) is 128 cm³/mol. The van der Waals surface area contributed by atoms with Crippen molar-refractivity contribution in [2.24, 2.45) is 5.92 Å². The van der Waals surface area contributed by atoms with Crippen molar-refractivity contribution in [3.63, 3.8) is 0 Å². The van der Waals surface area contributed by atoms with Crippen molar-refractivity contribution < 1.29 is 29.3 Å². The molecule has 35 heavy (non-hydrogen) atoms. The lowest BCUT2D eigenvalue weighted by molar-refractivity contribution is -0.148. The van der Waals surface area contributed by atoms with Gasteiger partial charge in [-0.1, -0.05) is 48.5 Å². The standard InChI is InChI=1S/C27H30N2O6/c1-27(16-10-11-16,13-24(31)29-14-17(30)12-23(29)25(32)33)28-26(34)35-15-22-20-8-4-2-6-18(20)19-7-3-5-9-21(19)22/h2-9,16-17,22-23,30H,10-15H2,1H3,(H,28,34)(H,32,33). The number of nitrogens with zero attached hydrogens (tertiary/aromatic N) is 1. The number of aliphatic hydroxyl groups excluding tert-OH is 1. The van der Waals surface area contributed by atoms with Crippen LogP contribution in [-0.4, -0.2) is 63.9 Å². The Balaban J connectivity index is 1.25. The lowest BCUT2D eigenvalue weighted by Crippen LogP contribution is -2.52. The Morgan fingerprint density at radius 2 is 1.66 bits per heavy atom. The fourth-order valence-corrected chi connectivity index (χ4v) is 5.62. The van der Waals surface area contributed by atoms with Crippen LogP contribution in [0.4, 0.5) is 4.79 Å². The molecule has 1 saturated heterocycles. The number of aliphatic carboxylic acids is 1. The zero-order chi connectivity index (χ0) is 24.7. The number of carboxylic acid groups (broad SMARTS) is 1. The molecule has 3 aliphatic rings. The number of rotatable bonds is 7. The first-order valence-corrected chi connectivity index (χ1v) is 12.1. The van der Waals surface area contributed by atoms with E-state index in [0.29, 0.717) is 0 Å². The molecule has 184 valence electrons. The summed E-state index contributed by atoms with van der Waals surface area (Å²) in [5.74, 6) is -1.47. The third-order valence-corrected chi connectivity index (χ3v) is 7.61. The monoisotopic (exact) mass is 478 g/mol. The Hall–Kier alpha value is -3.39. The Bertz CT molecular complexity index is 1120. The molecule has 8 heteroatoms. The molecule has 3 N–H and O–H groups in total. The van der Waals surface area contributed by atoms with Gasteiger partial charge >= 0.3 is 12.1 Å². The van der Waals surface area contributed by atoms with Gasteiger partial charge in [-0.3, -0.25) is 4.79 Å². The van der Waals surface area contributed by atoms with Crippen molar-refractivity contribution in [1.82, 2.24) is 10.2 Å². The number of amides is 2. The number of likely N-dealkylation sites (tertiary alicyclic amines) is 1. The number of aliphatic hydroxyl groups is 1. The number of alkyl carbamates (subject to hydrolysis) is 1. The van der Waals surface area contributed by atoms with Crippen LogP contribution >= 0.6 is 0 Å². The molecule has 2 amide bonds. The molecule has 8 nitrogen and oxygen atoms in total. The van der Waals surface area contributed by atoms with Crippen LogP contribution in [-0.2, 0) is 14.3 Å². The van der Waals surface area contributed by atoms with Crippen molar-refractivity contribution in [3.05, 3.63) is 59.7 Å². The van der Waals surface area contributed by atoms with Crippen LogP contribution < -0.4 is 5.32 Å². The summed E-state index contributed by atoms with van der Waals surface area (Å²) in [7, 11) is 0. The SMILES string of the molecule is CC(CC(=O)N1CC(O)CC1C(=O)O)(NC(=O)OCC1c2ccccc2-c2ccccc21)C1CC1. The second kappa shape index (κ2) is 9.00. The highest BCUT2D eigenvalue weighted by Crippen LogP contribution is 2.45. The molecule has 5 rings (SSSR count). The average molecular weight is 479 g/mol. The molecule has 1 aliphatic heterocycles. The maximum absolute atomic E-state index is 13.0. The Kier molecular flexibility index (Phi) is 6.01. The van der Waals surface area contributed by atoms with E-state index < -0.39 is 29.7 Å². The molecule has 3 unspecified atom stereocenters. The van der Waals surface area contributed by atoms with Gasteiger partial charge < -0.3 is 25.2 Å². The van der Waals surface area contributed by atoms with Crippen LogP contribution in [0.3, 0.4) is 0 Å². The van der Waals surface area contributed by atoms with Gasteiger partial charge in [-0.05, 0) is 47.9 Å². The molecule has 0 spiro atoms. The number of carboxylic acids is 1. The van der Waals surface area contributed by atoms with Crippen LogP contribution in [0.5, 0.6) is 0 Å². The lowest BCUT2D eigenvalue weighted by atomic mass is 9.91. The van der Waals surface area contributed by atoms with Crippen molar-refractivity contribution in [2.45, 2.75) is 56.2 Å². The van der Waals surface area contributed by atoms with E-state index in [1.807, 2.05) is 31.2 Å². The topological polar surface area (TPSA) is 116 Å². The lowest BCUT2D eigenvalue weighted by Gasteiger charge is -2.33. The third-order valence-electron chi connectivity index (χ3n) is 7.61. The van der Waals surface area contributed by atoms with Crippen molar-refractivity contribution in [3.8, 4) is 11.1 Å². The molecule has 0 radical (unpaired) electrons. The van der Waals surface area contributed by atoms with E-state index in [1.165, 1.54) is 4.90 Å². The van der Waals surface area contributed by atoms with E-state index in [9.17, 15) is 24.6 Å². The number of nitrogens with one attached hydrogen (secondary N) is 1. The van der Waals surface area contributed by atoms with E-state index in [0.717, 1.165) is 35.1 Å². The van der Waals surface area contributed by atoms with Crippen LogP contribution in [0.15, 0.2) is 48.5 Å². The summed E-state index contributed by atoms with van der Waals surface area (Å²) >= 11 is 0. The molecule has 0 bridgehead atoms. The average Bonchev–Trinajstić information content (AvgIpc) is 3.55. The molecular formula is C27H30N2O6. The first-order valence-electron chi connectivity index (χ1n) is 12.1. The second-order valence-corrected chi connectivity index (χ2v) is 10.1. The quantitative estimate of drug-likeness (QED) is 0.563.